The molecule has 3 heterocycles. The number of aliphatic imine (C=N–C) groups is 1. The number of nitrogens with one attached hydrogen (secondary N) is 3. The Kier molecular flexibility index (Phi) is 10.2. The number of rotatable bonds is 12. The molecule has 13 heteroatoms. The molecule has 0 radical (unpaired) electrons. The molecule has 0 aliphatic carbocycles. The van der Waals surface area contributed by atoms with Gasteiger partial charge in [-0.2, -0.15) is 0 Å². The van der Waals surface area contributed by atoms with Gasteiger partial charge in [0, 0.05) is 13.0 Å². The largest absolute Gasteiger partial charge is 0.497 e. The van der Waals surface area contributed by atoms with Crippen molar-refractivity contribution in [2.45, 2.75) is 62.5 Å². The molecule has 2 fully saturated rings. The van der Waals surface area contributed by atoms with E-state index >= 15 is 0 Å². The number of hydrogen-bond acceptors (Lipinski definition) is 11. The van der Waals surface area contributed by atoms with Crippen molar-refractivity contribution in [3.63, 3.8) is 0 Å². The number of aliphatic hydroxyl groups is 1. The summed E-state index contributed by atoms with van der Waals surface area (Å²) < 4.78 is 30.2. The van der Waals surface area contributed by atoms with E-state index in [0.717, 1.165) is 16.7 Å². The summed E-state index contributed by atoms with van der Waals surface area (Å²) in [7, 11) is 4.73. The van der Waals surface area contributed by atoms with Crippen LogP contribution < -0.4 is 25.4 Å². The maximum Gasteiger partial charge on any atom is 0.251 e. The minimum atomic E-state index is -1.13. The van der Waals surface area contributed by atoms with E-state index in [1.165, 1.54) is 13.4 Å². The van der Waals surface area contributed by atoms with Gasteiger partial charge in [-0.15, -0.1) is 0 Å². The van der Waals surface area contributed by atoms with Gasteiger partial charge in [0.25, 0.3) is 5.91 Å². The third-order valence-electron chi connectivity index (χ3n) is 9.20. The van der Waals surface area contributed by atoms with Crippen LogP contribution in [0.25, 0.3) is 0 Å². The first-order chi connectivity index (χ1) is 23.7. The summed E-state index contributed by atoms with van der Waals surface area (Å²) in [5, 5.41) is 20.4. The summed E-state index contributed by atoms with van der Waals surface area (Å²) in [4.78, 5) is 31.5. The molecule has 0 spiro atoms. The average Bonchev–Trinajstić information content (AvgIpc) is 3.69. The Morgan fingerprint density at radius 1 is 0.959 bits per heavy atom. The van der Waals surface area contributed by atoms with Crippen LogP contribution in [0, 0.1) is 5.92 Å². The fourth-order valence-corrected chi connectivity index (χ4v) is 6.54. The van der Waals surface area contributed by atoms with Crippen LogP contribution in [0.3, 0.4) is 0 Å². The van der Waals surface area contributed by atoms with Gasteiger partial charge in [0.05, 0.1) is 27.2 Å². The number of hydrogen-bond donors (Lipinski definition) is 4. The summed E-state index contributed by atoms with van der Waals surface area (Å²) in [6, 6.07) is 24.4. The molecule has 0 saturated carbocycles. The van der Waals surface area contributed by atoms with Crippen molar-refractivity contribution < 1.29 is 38.4 Å². The standard InChI is InChI=1S/C36H43N5O8/c1-21(2)32(43)39-35-38-31-28(33(44)40-35)37-20-41(31)34-30(47-5)29(42)27(49-34)19-48-36(22-9-7-6-8-10-22,23-11-15-25(45-3)16-12-23)24-13-17-26(46-4)18-14-24/h6-18,20-21,27-31,34-35,38,42H,19H2,1-5H3,(H,39,43)(H,40,44). The lowest BCUT2D eigenvalue weighted by molar-refractivity contribution is -0.136. The molecule has 3 aliphatic heterocycles. The maximum absolute atomic E-state index is 13.0. The van der Waals surface area contributed by atoms with Crippen LogP contribution in [-0.4, -0.2) is 99.1 Å². The van der Waals surface area contributed by atoms with E-state index in [4.69, 9.17) is 23.7 Å². The summed E-state index contributed by atoms with van der Waals surface area (Å²) in [6.45, 7) is 3.50. The van der Waals surface area contributed by atoms with Crippen LogP contribution in [-0.2, 0) is 29.4 Å². The number of aliphatic hydroxyl groups excluding tert-OH is 1. The first kappa shape index (κ1) is 34.3. The van der Waals surface area contributed by atoms with E-state index in [0.29, 0.717) is 11.5 Å². The molecule has 4 N–H and O–H groups in total. The lowest BCUT2D eigenvalue weighted by Crippen LogP contribution is -2.72. The van der Waals surface area contributed by atoms with Crippen LogP contribution in [0.15, 0.2) is 83.9 Å². The minimum Gasteiger partial charge on any atom is -0.497 e. The van der Waals surface area contributed by atoms with Crippen LogP contribution in [0.4, 0.5) is 0 Å². The summed E-state index contributed by atoms with van der Waals surface area (Å²) >= 11 is 0. The van der Waals surface area contributed by atoms with Crippen molar-refractivity contribution in [1.82, 2.24) is 20.9 Å². The third-order valence-corrected chi connectivity index (χ3v) is 9.20. The molecule has 260 valence electrons. The zero-order valence-electron chi connectivity index (χ0n) is 28.1. The van der Waals surface area contributed by atoms with Gasteiger partial charge < -0.3 is 44.3 Å². The molecule has 6 rings (SSSR count). The number of amides is 2. The molecule has 7 unspecified atom stereocenters. The second-order valence-corrected chi connectivity index (χ2v) is 12.4. The van der Waals surface area contributed by atoms with Crippen LogP contribution in [0.5, 0.6) is 11.5 Å². The van der Waals surface area contributed by atoms with Crippen molar-refractivity contribution in [3.05, 3.63) is 95.6 Å². The Morgan fingerprint density at radius 3 is 2.10 bits per heavy atom. The zero-order chi connectivity index (χ0) is 34.7. The van der Waals surface area contributed by atoms with E-state index < -0.39 is 48.6 Å². The SMILES string of the molecule is COc1ccc(C(OCC2OC(N3C=NC4C(=O)NC(NC(=O)C(C)C)NC43)C(OC)C2O)(c2ccccc2)c2ccc(OC)cc2)cc1. The van der Waals surface area contributed by atoms with Gasteiger partial charge in [0.1, 0.15) is 41.6 Å². The minimum absolute atomic E-state index is 0.0372. The van der Waals surface area contributed by atoms with E-state index in [-0.39, 0.29) is 24.3 Å². The number of benzene rings is 3. The molecular weight excluding hydrogens is 630 g/mol. The highest BCUT2D eigenvalue weighted by molar-refractivity contribution is 5.88. The number of ether oxygens (including phenoxy) is 5. The Bertz CT molecular complexity index is 1570. The van der Waals surface area contributed by atoms with Crippen molar-refractivity contribution in [2.24, 2.45) is 10.9 Å². The summed E-state index contributed by atoms with van der Waals surface area (Å²) in [5.74, 6) is 0.537. The molecule has 2 amide bonds. The Morgan fingerprint density at radius 2 is 1.55 bits per heavy atom. The van der Waals surface area contributed by atoms with Gasteiger partial charge in [-0.25, -0.2) is 0 Å². The van der Waals surface area contributed by atoms with Crippen LogP contribution >= 0.6 is 0 Å². The van der Waals surface area contributed by atoms with Gasteiger partial charge in [-0.3, -0.25) is 19.9 Å². The predicted molar refractivity (Wildman–Crippen MR) is 180 cm³/mol. The molecule has 49 heavy (non-hydrogen) atoms. The second-order valence-electron chi connectivity index (χ2n) is 12.4. The molecule has 3 aromatic rings. The second kappa shape index (κ2) is 14.5. The van der Waals surface area contributed by atoms with Crippen molar-refractivity contribution in [2.75, 3.05) is 27.9 Å². The normalized spacial score (nSPS) is 26.4. The highest BCUT2D eigenvalue weighted by atomic mass is 16.6. The van der Waals surface area contributed by atoms with Crippen LogP contribution in [0.2, 0.25) is 0 Å². The Labute approximate surface area is 285 Å². The topological polar surface area (TPSA) is 152 Å². The molecule has 3 aromatic carbocycles. The lowest BCUT2D eigenvalue weighted by atomic mass is 9.80. The fourth-order valence-electron chi connectivity index (χ4n) is 6.54. The number of fused-ring (bicyclic) bond motifs is 1. The quantitative estimate of drug-likeness (QED) is 0.210. The number of nitrogens with zero attached hydrogens (tertiary/aromatic N) is 2. The van der Waals surface area contributed by atoms with Crippen LogP contribution in [0.1, 0.15) is 30.5 Å². The van der Waals surface area contributed by atoms with Gasteiger partial charge >= 0.3 is 0 Å². The number of carbonyl (C=O) groups is 2. The molecule has 2 saturated heterocycles. The van der Waals surface area contributed by atoms with E-state index in [1.807, 2.05) is 78.9 Å². The van der Waals surface area contributed by atoms with Gasteiger partial charge in [-0.05, 0) is 41.0 Å². The number of methoxy groups -OCH3 is 3. The molecule has 3 aliphatic rings. The maximum atomic E-state index is 13.0. The smallest absolute Gasteiger partial charge is 0.251 e. The van der Waals surface area contributed by atoms with Gasteiger partial charge in [0.2, 0.25) is 5.91 Å². The summed E-state index contributed by atoms with van der Waals surface area (Å²) in [6.07, 6.45) is -3.55. The van der Waals surface area contributed by atoms with Crippen molar-refractivity contribution >= 4 is 18.2 Å². The molecule has 0 aromatic heterocycles. The molecule has 7 atom stereocenters. The lowest BCUT2D eigenvalue weighted by Gasteiger charge is -2.40. The Hall–Kier alpha value is -4.53. The first-order valence-electron chi connectivity index (χ1n) is 16.2. The van der Waals surface area contributed by atoms with Gasteiger partial charge in [-0.1, -0.05) is 68.4 Å². The molecule has 13 nitrogen and oxygen atoms in total. The van der Waals surface area contributed by atoms with Crippen molar-refractivity contribution in [1.29, 1.82) is 0 Å². The monoisotopic (exact) mass is 673 g/mol. The predicted octanol–water partition coefficient (Wildman–Crippen LogP) is 1.93. The van der Waals surface area contributed by atoms with E-state index in [2.05, 4.69) is 20.9 Å². The highest BCUT2D eigenvalue weighted by Crippen LogP contribution is 2.42. The average molecular weight is 674 g/mol. The Balaban J connectivity index is 1.30. The van der Waals surface area contributed by atoms with Crippen molar-refractivity contribution in [3.8, 4) is 11.5 Å². The third kappa shape index (κ3) is 6.59. The first-order valence-corrected chi connectivity index (χ1v) is 16.2. The zero-order valence-corrected chi connectivity index (χ0v) is 28.1. The molecular formula is C36H43N5O8. The van der Waals surface area contributed by atoms with Gasteiger partial charge in [0.15, 0.2) is 18.6 Å². The highest BCUT2D eigenvalue weighted by Gasteiger charge is 2.53. The summed E-state index contributed by atoms with van der Waals surface area (Å²) in [5.41, 5.74) is 1.39. The molecule has 0 bridgehead atoms. The van der Waals surface area contributed by atoms with E-state index in [9.17, 15) is 14.7 Å². The fraction of sp³-hybridized carbons (Fsp3) is 0.417. The number of carbonyl (C=O) groups excluding carboxylic acids is 2. The van der Waals surface area contributed by atoms with E-state index in [1.54, 1.807) is 33.0 Å².